The Kier molecular flexibility index (Phi) is 8.02. The summed E-state index contributed by atoms with van der Waals surface area (Å²) in [6, 6.07) is 10.8. The van der Waals surface area contributed by atoms with E-state index < -0.39 is 21.9 Å². The molecule has 1 aromatic heterocycles. The van der Waals surface area contributed by atoms with Crippen LogP contribution in [0.3, 0.4) is 0 Å². The number of nitrogens with one attached hydrogen (secondary N) is 2. The van der Waals surface area contributed by atoms with Gasteiger partial charge in [0.1, 0.15) is 16.4 Å². The van der Waals surface area contributed by atoms with Gasteiger partial charge >= 0.3 is 5.97 Å². The van der Waals surface area contributed by atoms with E-state index in [1.165, 1.54) is 30.0 Å². The van der Waals surface area contributed by atoms with E-state index in [1.54, 1.807) is 38.1 Å². The van der Waals surface area contributed by atoms with Gasteiger partial charge in [0.05, 0.1) is 13.7 Å². The summed E-state index contributed by atoms with van der Waals surface area (Å²) in [6.07, 6.45) is 1.48. The van der Waals surface area contributed by atoms with Crippen LogP contribution in [0.5, 0.6) is 17.4 Å². The van der Waals surface area contributed by atoms with Crippen molar-refractivity contribution in [3.63, 3.8) is 0 Å². The first-order chi connectivity index (χ1) is 18.2. The van der Waals surface area contributed by atoms with Gasteiger partial charge in [-0.05, 0) is 70.0 Å². The zero-order chi connectivity index (χ0) is 27.4. The number of nitrogens with zero attached hydrogens (tertiary/aromatic N) is 2. The summed E-state index contributed by atoms with van der Waals surface area (Å²) in [6.45, 7) is 5.72. The van der Waals surface area contributed by atoms with Gasteiger partial charge in [-0.25, -0.2) is 22.6 Å². The maximum Gasteiger partial charge on any atom is 0.359 e. The highest BCUT2D eigenvalue weighted by Crippen LogP contribution is 2.35. The number of rotatable bonds is 11. The number of anilines is 1. The summed E-state index contributed by atoms with van der Waals surface area (Å²) in [5.74, 6) is -0.281. The van der Waals surface area contributed by atoms with E-state index >= 15 is 0 Å². The summed E-state index contributed by atoms with van der Waals surface area (Å²) in [5.41, 5.74) is 1.11. The Morgan fingerprint density at radius 3 is 2.55 bits per heavy atom. The third-order valence-electron chi connectivity index (χ3n) is 5.83. The summed E-state index contributed by atoms with van der Waals surface area (Å²) < 4.78 is 47.1. The molecule has 1 aliphatic rings. The number of aromatic nitrogens is 2. The molecule has 0 bridgehead atoms. The van der Waals surface area contributed by atoms with Gasteiger partial charge in [-0.3, -0.25) is 4.79 Å². The van der Waals surface area contributed by atoms with Crippen LogP contribution >= 0.6 is 0 Å². The molecule has 1 aliphatic carbocycles. The first kappa shape index (κ1) is 27.1. The van der Waals surface area contributed by atoms with E-state index in [0.29, 0.717) is 23.4 Å². The number of aryl methyl sites for hydroxylation is 1. The molecule has 38 heavy (non-hydrogen) atoms. The minimum Gasteiger partial charge on any atom is -0.497 e. The smallest absolute Gasteiger partial charge is 0.359 e. The van der Waals surface area contributed by atoms with Gasteiger partial charge in [0, 0.05) is 29.4 Å². The molecule has 4 rings (SSSR count). The molecular weight excluding hydrogens is 512 g/mol. The highest BCUT2D eigenvalue weighted by Gasteiger charge is 2.31. The number of carbonyl (C=O) groups excluding carboxylic acids is 2. The van der Waals surface area contributed by atoms with E-state index in [9.17, 15) is 18.0 Å². The summed E-state index contributed by atoms with van der Waals surface area (Å²) in [4.78, 5) is 25.0. The number of methoxy groups -OCH3 is 1. The molecule has 202 valence electrons. The first-order valence-corrected chi connectivity index (χ1v) is 13.7. The molecule has 0 radical (unpaired) electrons. The molecule has 0 atom stereocenters. The lowest BCUT2D eigenvalue weighted by atomic mass is 10.2. The summed E-state index contributed by atoms with van der Waals surface area (Å²) >= 11 is 0. The molecule has 0 aliphatic heterocycles. The first-order valence-electron chi connectivity index (χ1n) is 12.2. The lowest BCUT2D eigenvalue weighted by molar-refractivity contribution is 0.0517. The number of sulfonamides is 1. The van der Waals surface area contributed by atoms with Crippen LogP contribution in [0.1, 0.15) is 53.1 Å². The second kappa shape index (κ2) is 11.2. The number of carbonyl (C=O) groups is 2. The van der Waals surface area contributed by atoms with Crippen molar-refractivity contribution < 1.29 is 32.2 Å². The Morgan fingerprint density at radius 1 is 1.13 bits per heavy atom. The molecule has 0 spiro atoms. The quantitative estimate of drug-likeness (QED) is 0.348. The third kappa shape index (κ3) is 5.97. The SMILES string of the molecule is CCOC(=O)c1nn(CC)c(Oc2ccc(NC(=O)c3cccc(OC)c3)cc2S(=O)(=O)NC2CC2)c1C. The van der Waals surface area contributed by atoms with Crippen LogP contribution in [0, 0.1) is 6.92 Å². The van der Waals surface area contributed by atoms with Crippen molar-refractivity contribution in [3.05, 3.63) is 59.3 Å². The fraction of sp³-hybridized carbons (Fsp3) is 0.346. The number of hydrogen-bond donors (Lipinski definition) is 2. The summed E-state index contributed by atoms with van der Waals surface area (Å²) in [5, 5.41) is 7.01. The van der Waals surface area contributed by atoms with E-state index in [2.05, 4.69) is 15.1 Å². The molecule has 12 heteroatoms. The molecule has 2 aromatic carbocycles. The Morgan fingerprint density at radius 2 is 1.89 bits per heavy atom. The molecular formula is C26H30N4O7S. The molecule has 1 amide bonds. The van der Waals surface area contributed by atoms with Gasteiger partial charge in [-0.1, -0.05) is 6.07 Å². The highest BCUT2D eigenvalue weighted by molar-refractivity contribution is 7.89. The molecule has 1 heterocycles. The lowest BCUT2D eigenvalue weighted by Crippen LogP contribution is -2.26. The molecule has 3 aromatic rings. The zero-order valence-corrected chi connectivity index (χ0v) is 22.4. The minimum atomic E-state index is -4.00. The number of hydrogen-bond acceptors (Lipinski definition) is 8. The second-order valence-corrected chi connectivity index (χ2v) is 10.3. The van der Waals surface area contributed by atoms with Crippen LogP contribution < -0.4 is 19.5 Å². The highest BCUT2D eigenvalue weighted by atomic mass is 32.2. The lowest BCUT2D eigenvalue weighted by Gasteiger charge is -2.15. The Bertz CT molecular complexity index is 1460. The van der Waals surface area contributed by atoms with Gasteiger partial charge in [-0.15, -0.1) is 0 Å². The molecule has 11 nitrogen and oxygen atoms in total. The van der Waals surface area contributed by atoms with Gasteiger partial charge in [0.25, 0.3) is 5.91 Å². The van der Waals surface area contributed by atoms with Crippen molar-refractivity contribution in [1.29, 1.82) is 0 Å². The fourth-order valence-corrected chi connectivity index (χ4v) is 5.17. The predicted molar refractivity (Wildman–Crippen MR) is 139 cm³/mol. The van der Waals surface area contributed by atoms with Gasteiger partial charge in [0.15, 0.2) is 5.69 Å². The van der Waals surface area contributed by atoms with Crippen LogP contribution in [0.15, 0.2) is 47.4 Å². The monoisotopic (exact) mass is 542 g/mol. The third-order valence-corrected chi connectivity index (χ3v) is 7.37. The van der Waals surface area contributed by atoms with Crippen molar-refractivity contribution in [3.8, 4) is 17.4 Å². The van der Waals surface area contributed by atoms with E-state index in [1.807, 2.05) is 6.92 Å². The van der Waals surface area contributed by atoms with E-state index in [-0.39, 0.29) is 40.6 Å². The van der Waals surface area contributed by atoms with Crippen molar-refractivity contribution >= 4 is 27.6 Å². The Balaban J connectivity index is 1.70. The van der Waals surface area contributed by atoms with Crippen LogP contribution in [0.2, 0.25) is 0 Å². The van der Waals surface area contributed by atoms with Crippen LogP contribution in [-0.4, -0.2) is 49.8 Å². The average Bonchev–Trinajstić information content (AvgIpc) is 3.65. The van der Waals surface area contributed by atoms with Crippen molar-refractivity contribution in [2.45, 2.75) is 51.1 Å². The van der Waals surface area contributed by atoms with Crippen LogP contribution in [0.4, 0.5) is 5.69 Å². The molecule has 0 saturated heterocycles. The standard InChI is InChI=1S/C26H30N4O7S/c1-5-30-25(16(3)23(28-30)26(32)36-6-2)37-21-13-12-19(15-22(21)38(33,34)29-18-10-11-18)27-24(31)17-8-7-9-20(14-17)35-4/h7-9,12-15,18,29H,5-6,10-11H2,1-4H3,(H,27,31). The maximum absolute atomic E-state index is 13.3. The van der Waals surface area contributed by atoms with Crippen molar-refractivity contribution in [2.24, 2.45) is 0 Å². The number of ether oxygens (including phenoxy) is 3. The predicted octanol–water partition coefficient (Wildman–Crippen LogP) is 3.88. The van der Waals surface area contributed by atoms with Gasteiger partial charge < -0.3 is 19.5 Å². The van der Waals surface area contributed by atoms with Crippen LogP contribution in [0.25, 0.3) is 0 Å². The van der Waals surface area contributed by atoms with Gasteiger partial charge in [-0.2, -0.15) is 5.10 Å². The fourth-order valence-electron chi connectivity index (χ4n) is 3.71. The Hall–Kier alpha value is -3.90. The molecule has 1 fully saturated rings. The average molecular weight is 543 g/mol. The normalized spacial score (nSPS) is 13.2. The van der Waals surface area contributed by atoms with E-state index in [0.717, 1.165) is 12.8 Å². The van der Waals surface area contributed by atoms with Crippen molar-refractivity contribution in [1.82, 2.24) is 14.5 Å². The molecule has 1 saturated carbocycles. The van der Waals surface area contributed by atoms with Gasteiger partial charge in [0.2, 0.25) is 15.9 Å². The largest absolute Gasteiger partial charge is 0.497 e. The van der Waals surface area contributed by atoms with E-state index in [4.69, 9.17) is 14.2 Å². The molecule has 2 N–H and O–H groups in total. The maximum atomic E-state index is 13.3. The van der Waals surface area contributed by atoms with Crippen molar-refractivity contribution in [2.75, 3.05) is 19.0 Å². The minimum absolute atomic E-state index is 0.0191. The second-order valence-electron chi connectivity index (χ2n) is 8.66. The number of amides is 1. The number of esters is 1. The topological polar surface area (TPSA) is 138 Å². The number of benzene rings is 2. The summed E-state index contributed by atoms with van der Waals surface area (Å²) in [7, 11) is -2.50. The molecule has 0 unspecified atom stereocenters. The van der Waals surface area contributed by atoms with Crippen LogP contribution in [-0.2, 0) is 21.3 Å². The Labute approximate surface area is 221 Å². The zero-order valence-electron chi connectivity index (χ0n) is 21.6.